The number of para-hydroxylation sites is 1. The van der Waals surface area contributed by atoms with Crippen molar-refractivity contribution in [3.63, 3.8) is 0 Å². The number of hydrogen-bond acceptors (Lipinski definition) is 3. The molecule has 3 rings (SSSR count). The average molecular weight is 317 g/mol. The van der Waals surface area contributed by atoms with E-state index < -0.39 is 17.5 Å². The van der Waals surface area contributed by atoms with Gasteiger partial charge in [-0.15, -0.1) is 0 Å². The lowest BCUT2D eigenvalue weighted by Gasteiger charge is -2.13. The number of benzene rings is 2. The molecule has 0 saturated carbocycles. The van der Waals surface area contributed by atoms with Crippen molar-refractivity contribution in [3.8, 4) is 0 Å². The minimum atomic E-state index is -1.52. The van der Waals surface area contributed by atoms with E-state index in [0.29, 0.717) is 22.5 Å². The van der Waals surface area contributed by atoms with Gasteiger partial charge in [0.25, 0.3) is 0 Å². The number of fused-ring (bicyclic) bond motifs is 1. The summed E-state index contributed by atoms with van der Waals surface area (Å²) in [7, 11) is 0. The summed E-state index contributed by atoms with van der Waals surface area (Å²) < 4.78 is 40.3. The molecule has 0 fully saturated rings. The van der Waals surface area contributed by atoms with Gasteiger partial charge < -0.3 is 5.32 Å². The zero-order valence-corrected chi connectivity index (χ0v) is 12.6. The summed E-state index contributed by atoms with van der Waals surface area (Å²) in [5.41, 5.74) is 0.513. The molecule has 3 aromatic rings. The lowest BCUT2D eigenvalue weighted by Crippen LogP contribution is -2.05. The molecule has 0 saturated heterocycles. The topological polar surface area (TPSA) is 37.8 Å². The minimum Gasteiger partial charge on any atom is -0.337 e. The van der Waals surface area contributed by atoms with Crippen LogP contribution in [0.5, 0.6) is 0 Å². The third-order valence-corrected chi connectivity index (χ3v) is 3.43. The maximum absolute atomic E-state index is 13.9. The molecule has 0 amide bonds. The summed E-state index contributed by atoms with van der Waals surface area (Å²) in [5, 5.41) is 3.41. The van der Waals surface area contributed by atoms with Crippen molar-refractivity contribution in [2.24, 2.45) is 0 Å². The lowest BCUT2D eigenvalue weighted by molar-refractivity contribution is 0.449. The van der Waals surface area contributed by atoms with E-state index in [-0.39, 0.29) is 11.6 Å². The predicted octanol–water partition coefficient (Wildman–Crippen LogP) is 4.91. The normalized spacial score (nSPS) is 11.2. The fourth-order valence-electron chi connectivity index (χ4n) is 2.20. The van der Waals surface area contributed by atoms with Crippen molar-refractivity contribution in [1.29, 1.82) is 0 Å². The monoisotopic (exact) mass is 317 g/mol. The van der Waals surface area contributed by atoms with Gasteiger partial charge in [0.05, 0.1) is 11.2 Å². The van der Waals surface area contributed by atoms with Gasteiger partial charge >= 0.3 is 0 Å². The molecule has 1 N–H and O–H groups in total. The molecule has 1 heterocycles. The average Bonchev–Trinajstić information content (AvgIpc) is 2.55. The SMILES string of the molecule is CC(C)c1nc(Nc2ccc(F)c(F)c2F)c2ccccc2n1. The van der Waals surface area contributed by atoms with E-state index in [9.17, 15) is 13.2 Å². The Bertz CT molecular complexity index is 878. The van der Waals surface area contributed by atoms with E-state index in [2.05, 4.69) is 15.3 Å². The number of nitrogens with zero attached hydrogens (tertiary/aromatic N) is 2. The molecule has 1 aromatic heterocycles. The van der Waals surface area contributed by atoms with E-state index in [4.69, 9.17) is 0 Å². The van der Waals surface area contributed by atoms with Gasteiger partial charge in [-0.3, -0.25) is 0 Å². The van der Waals surface area contributed by atoms with Gasteiger partial charge in [0.1, 0.15) is 11.6 Å². The summed E-state index contributed by atoms with van der Waals surface area (Å²) >= 11 is 0. The molecular formula is C17H14F3N3. The van der Waals surface area contributed by atoms with Crippen LogP contribution in [0.2, 0.25) is 0 Å². The summed E-state index contributed by atoms with van der Waals surface area (Å²) in [6.45, 7) is 3.87. The second-order valence-electron chi connectivity index (χ2n) is 5.45. The van der Waals surface area contributed by atoms with Gasteiger partial charge in [0.15, 0.2) is 17.5 Å². The third kappa shape index (κ3) is 2.84. The largest absolute Gasteiger partial charge is 0.337 e. The fourth-order valence-corrected chi connectivity index (χ4v) is 2.20. The Morgan fingerprint density at radius 3 is 2.39 bits per heavy atom. The van der Waals surface area contributed by atoms with Crippen molar-refractivity contribution in [2.45, 2.75) is 19.8 Å². The number of aromatic nitrogens is 2. The van der Waals surface area contributed by atoms with Crippen LogP contribution in [0.25, 0.3) is 10.9 Å². The smallest absolute Gasteiger partial charge is 0.196 e. The first kappa shape index (κ1) is 15.3. The Morgan fingerprint density at radius 1 is 0.913 bits per heavy atom. The van der Waals surface area contributed by atoms with Gasteiger partial charge in [0, 0.05) is 11.3 Å². The number of hydrogen-bond donors (Lipinski definition) is 1. The van der Waals surface area contributed by atoms with Gasteiger partial charge in [-0.25, -0.2) is 23.1 Å². The Kier molecular flexibility index (Phi) is 3.90. The second kappa shape index (κ2) is 5.87. The van der Waals surface area contributed by atoms with E-state index in [1.54, 1.807) is 12.1 Å². The van der Waals surface area contributed by atoms with Gasteiger partial charge in [-0.2, -0.15) is 0 Å². The van der Waals surface area contributed by atoms with Crippen LogP contribution in [-0.4, -0.2) is 9.97 Å². The number of nitrogens with one attached hydrogen (secondary N) is 1. The maximum atomic E-state index is 13.9. The number of rotatable bonds is 3. The zero-order chi connectivity index (χ0) is 16.6. The maximum Gasteiger partial charge on any atom is 0.196 e. The second-order valence-corrected chi connectivity index (χ2v) is 5.45. The zero-order valence-electron chi connectivity index (χ0n) is 12.6. The van der Waals surface area contributed by atoms with Crippen molar-refractivity contribution >= 4 is 22.4 Å². The predicted molar refractivity (Wildman–Crippen MR) is 83.2 cm³/mol. The van der Waals surface area contributed by atoms with Gasteiger partial charge in [-0.1, -0.05) is 26.0 Å². The third-order valence-electron chi connectivity index (χ3n) is 3.43. The number of halogens is 3. The van der Waals surface area contributed by atoms with Gasteiger partial charge in [0.2, 0.25) is 0 Å². The quantitative estimate of drug-likeness (QED) is 0.697. The van der Waals surface area contributed by atoms with Crippen LogP contribution >= 0.6 is 0 Å². The summed E-state index contributed by atoms with van der Waals surface area (Å²) in [6, 6.07) is 9.23. The molecule has 23 heavy (non-hydrogen) atoms. The van der Waals surface area contributed by atoms with Gasteiger partial charge in [-0.05, 0) is 24.3 Å². The molecule has 0 aliphatic heterocycles. The molecule has 6 heteroatoms. The molecule has 0 unspecified atom stereocenters. The molecule has 0 radical (unpaired) electrons. The standard InChI is InChI=1S/C17H14F3N3/c1-9(2)16-21-12-6-4-3-5-10(12)17(23-16)22-13-8-7-11(18)14(19)15(13)20/h3-9H,1-2H3,(H,21,22,23). The molecule has 0 atom stereocenters. The highest BCUT2D eigenvalue weighted by molar-refractivity contribution is 5.90. The molecule has 0 aliphatic rings. The van der Waals surface area contributed by atoms with E-state index in [1.807, 2.05) is 26.0 Å². The molecule has 0 bridgehead atoms. The van der Waals surface area contributed by atoms with E-state index in [0.717, 1.165) is 12.1 Å². The first-order chi connectivity index (χ1) is 11.0. The summed E-state index contributed by atoms with van der Waals surface area (Å²) in [4.78, 5) is 8.84. The summed E-state index contributed by atoms with van der Waals surface area (Å²) in [5.74, 6) is -3.03. The van der Waals surface area contributed by atoms with E-state index in [1.165, 1.54) is 0 Å². The van der Waals surface area contributed by atoms with Crippen LogP contribution in [0.4, 0.5) is 24.7 Å². The first-order valence-electron chi connectivity index (χ1n) is 7.14. The van der Waals surface area contributed by atoms with Crippen molar-refractivity contribution < 1.29 is 13.2 Å². The Labute approximate surface area is 131 Å². The molecule has 0 spiro atoms. The van der Waals surface area contributed by atoms with Crippen molar-refractivity contribution in [3.05, 3.63) is 59.7 Å². The van der Waals surface area contributed by atoms with Crippen LogP contribution in [0.3, 0.4) is 0 Å². The molecule has 0 aliphatic carbocycles. The van der Waals surface area contributed by atoms with Crippen LogP contribution in [0, 0.1) is 17.5 Å². The van der Waals surface area contributed by atoms with Crippen LogP contribution in [0.15, 0.2) is 36.4 Å². The van der Waals surface area contributed by atoms with E-state index >= 15 is 0 Å². The molecule has 118 valence electrons. The number of anilines is 2. The minimum absolute atomic E-state index is 0.0648. The Morgan fingerprint density at radius 2 is 1.65 bits per heavy atom. The van der Waals surface area contributed by atoms with Crippen LogP contribution in [0.1, 0.15) is 25.6 Å². The Hall–Kier alpha value is -2.63. The highest BCUT2D eigenvalue weighted by Crippen LogP contribution is 2.28. The highest BCUT2D eigenvalue weighted by Gasteiger charge is 2.16. The fraction of sp³-hybridized carbons (Fsp3) is 0.176. The Balaban J connectivity index is 2.14. The first-order valence-corrected chi connectivity index (χ1v) is 7.14. The van der Waals surface area contributed by atoms with Crippen LogP contribution < -0.4 is 5.32 Å². The van der Waals surface area contributed by atoms with Crippen LogP contribution in [-0.2, 0) is 0 Å². The highest BCUT2D eigenvalue weighted by atomic mass is 19.2. The van der Waals surface area contributed by atoms with Crippen molar-refractivity contribution in [2.75, 3.05) is 5.32 Å². The summed E-state index contributed by atoms with van der Waals surface area (Å²) in [6.07, 6.45) is 0. The molecular weight excluding hydrogens is 303 g/mol. The molecule has 3 nitrogen and oxygen atoms in total. The molecule has 2 aromatic carbocycles. The lowest BCUT2D eigenvalue weighted by atomic mass is 10.1. The van der Waals surface area contributed by atoms with Crippen molar-refractivity contribution in [1.82, 2.24) is 9.97 Å².